The largest absolute Gasteiger partial charge is 0.399 e. The minimum atomic E-state index is -0.218. The van der Waals surface area contributed by atoms with Gasteiger partial charge in [0.05, 0.1) is 11.4 Å². The van der Waals surface area contributed by atoms with Crippen LogP contribution in [0.4, 0.5) is 17.1 Å². The van der Waals surface area contributed by atoms with E-state index < -0.39 is 0 Å². The minimum Gasteiger partial charge on any atom is -0.399 e. The topological polar surface area (TPSA) is 84.2 Å². The van der Waals surface area contributed by atoms with Crippen molar-refractivity contribution in [3.8, 4) is 0 Å². The molecule has 0 saturated carbocycles. The highest BCUT2D eigenvalue weighted by Crippen LogP contribution is 2.33. The highest BCUT2D eigenvalue weighted by molar-refractivity contribution is 8.00. The second-order valence-corrected chi connectivity index (χ2v) is 5.64. The lowest BCUT2D eigenvalue weighted by Crippen LogP contribution is -2.19. The van der Waals surface area contributed by atoms with Gasteiger partial charge in [0.2, 0.25) is 5.91 Å². The first-order valence-electron chi connectivity index (χ1n) is 6.35. The number of anilines is 3. The SMILES string of the molecule is Nc1ccc(C(=O)Nc2ccc3c(c2)NC(=O)CS3)cc1. The van der Waals surface area contributed by atoms with Gasteiger partial charge in [-0.25, -0.2) is 0 Å². The van der Waals surface area contributed by atoms with Crippen molar-refractivity contribution >= 4 is 40.6 Å². The summed E-state index contributed by atoms with van der Waals surface area (Å²) in [5.74, 6) is 0.170. The lowest BCUT2D eigenvalue weighted by atomic mass is 10.2. The molecule has 0 atom stereocenters. The number of fused-ring (bicyclic) bond motifs is 1. The molecule has 1 aliphatic heterocycles. The zero-order valence-electron chi connectivity index (χ0n) is 11.1. The smallest absolute Gasteiger partial charge is 0.255 e. The van der Waals surface area contributed by atoms with Crippen LogP contribution >= 0.6 is 11.8 Å². The molecule has 106 valence electrons. The maximum atomic E-state index is 12.1. The predicted molar refractivity (Wildman–Crippen MR) is 84.6 cm³/mol. The van der Waals surface area contributed by atoms with Crippen molar-refractivity contribution in [1.82, 2.24) is 0 Å². The molecule has 0 aliphatic carbocycles. The summed E-state index contributed by atoms with van der Waals surface area (Å²) in [6, 6.07) is 12.2. The molecule has 0 fully saturated rings. The normalized spacial score (nSPS) is 13.2. The van der Waals surface area contributed by atoms with E-state index in [1.165, 1.54) is 11.8 Å². The predicted octanol–water partition coefficient (Wildman–Crippen LogP) is 2.57. The fourth-order valence-electron chi connectivity index (χ4n) is 2.00. The fraction of sp³-hybridized carbons (Fsp3) is 0.0667. The van der Waals surface area contributed by atoms with E-state index in [1.54, 1.807) is 30.3 Å². The number of nitrogen functional groups attached to an aromatic ring is 1. The molecule has 5 nitrogen and oxygen atoms in total. The van der Waals surface area contributed by atoms with Crippen LogP contribution in [0.15, 0.2) is 47.4 Å². The number of hydrogen-bond donors (Lipinski definition) is 3. The van der Waals surface area contributed by atoms with Gasteiger partial charge in [-0.2, -0.15) is 0 Å². The minimum absolute atomic E-state index is 0.0329. The second-order valence-electron chi connectivity index (χ2n) is 4.62. The van der Waals surface area contributed by atoms with Gasteiger partial charge in [0.1, 0.15) is 0 Å². The number of carbonyl (C=O) groups is 2. The molecule has 0 radical (unpaired) electrons. The van der Waals surface area contributed by atoms with Crippen LogP contribution in [0.25, 0.3) is 0 Å². The van der Waals surface area contributed by atoms with Gasteiger partial charge in [0.15, 0.2) is 0 Å². The molecule has 0 unspecified atom stereocenters. The van der Waals surface area contributed by atoms with Crippen molar-refractivity contribution in [3.63, 3.8) is 0 Å². The first kappa shape index (κ1) is 13.5. The van der Waals surface area contributed by atoms with Crippen LogP contribution in [0.1, 0.15) is 10.4 Å². The summed E-state index contributed by atoms with van der Waals surface area (Å²) in [5, 5.41) is 5.60. The molecular formula is C15H13N3O2S. The van der Waals surface area contributed by atoms with Crippen molar-refractivity contribution in [3.05, 3.63) is 48.0 Å². The molecule has 0 spiro atoms. The van der Waals surface area contributed by atoms with Gasteiger partial charge in [-0.05, 0) is 42.5 Å². The summed E-state index contributed by atoms with van der Waals surface area (Å²) in [6.07, 6.45) is 0. The van der Waals surface area contributed by atoms with Crippen LogP contribution < -0.4 is 16.4 Å². The molecule has 1 aliphatic rings. The van der Waals surface area contributed by atoms with Gasteiger partial charge < -0.3 is 16.4 Å². The standard InChI is InChI=1S/C15H13N3O2S/c16-10-3-1-9(2-4-10)15(20)17-11-5-6-13-12(7-11)18-14(19)8-21-13/h1-7H,8,16H2,(H,17,20)(H,18,19). The average Bonchev–Trinajstić information content (AvgIpc) is 2.47. The van der Waals surface area contributed by atoms with Gasteiger partial charge in [0, 0.05) is 21.8 Å². The van der Waals surface area contributed by atoms with E-state index in [2.05, 4.69) is 10.6 Å². The van der Waals surface area contributed by atoms with Crippen LogP contribution in [0.3, 0.4) is 0 Å². The molecule has 2 aromatic carbocycles. The summed E-state index contributed by atoms with van der Waals surface area (Å²) in [5.41, 5.74) is 8.10. The third kappa shape index (κ3) is 3.00. The first-order chi connectivity index (χ1) is 10.1. The average molecular weight is 299 g/mol. The molecule has 4 N–H and O–H groups in total. The van der Waals surface area contributed by atoms with Crippen molar-refractivity contribution in [1.29, 1.82) is 0 Å². The quantitative estimate of drug-likeness (QED) is 0.744. The number of thioether (sulfide) groups is 1. The molecule has 0 aromatic heterocycles. The fourth-order valence-corrected chi connectivity index (χ4v) is 2.79. The Bertz CT molecular complexity index is 713. The number of hydrogen-bond acceptors (Lipinski definition) is 4. The van der Waals surface area contributed by atoms with Crippen molar-refractivity contribution in [2.75, 3.05) is 22.1 Å². The summed E-state index contributed by atoms with van der Waals surface area (Å²) >= 11 is 1.48. The first-order valence-corrected chi connectivity index (χ1v) is 7.34. The van der Waals surface area contributed by atoms with Gasteiger partial charge in [-0.3, -0.25) is 9.59 Å². The lowest BCUT2D eigenvalue weighted by Gasteiger charge is -2.17. The van der Waals surface area contributed by atoms with Crippen LogP contribution in [0, 0.1) is 0 Å². The molecule has 6 heteroatoms. The van der Waals surface area contributed by atoms with E-state index in [-0.39, 0.29) is 11.8 Å². The monoisotopic (exact) mass is 299 g/mol. The molecule has 3 rings (SSSR count). The molecule has 0 saturated heterocycles. The Balaban J connectivity index is 1.79. The number of nitrogens with two attached hydrogens (primary N) is 1. The Morgan fingerprint density at radius 3 is 2.71 bits per heavy atom. The molecule has 21 heavy (non-hydrogen) atoms. The zero-order valence-corrected chi connectivity index (χ0v) is 11.9. The Morgan fingerprint density at radius 1 is 1.19 bits per heavy atom. The molecule has 2 aromatic rings. The number of carbonyl (C=O) groups excluding carboxylic acids is 2. The van der Waals surface area contributed by atoms with E-state index in [0.29, 0.717) is 22.7 Å². The van der Waals surface area contributed by atoms with Gasteiger partial charge in [0.25, 0.3) is 5.91 Å². The van der Waals surface area contributed by atoms with Gasteiger partial charge in [-0.15, -0.1) is 11.8 Å². The number of amides is 2. The maximum absolute atomic E-state index is 12.1. The summed E-state index contributed by atoms with van der Waals surface area (Å²) in [4.78, 5) is 24.5. The Labute approximate surface area is 125 Å². The van der Waals surface area contributed by atoms with Crippen molar-refractivity contribution < 1.29 is 9.59 Å². The van der Waals surface area contributed by atoms with E-state index in [4.69, 9.17) is 5.73 Å². The van der Waals surface area contributed by atoms with Gasteiger partial charge in [-0.1, -0.05) is 0 Å². The van der Waals surface area contributed by atoms with Crippen LogP contribution in [0.5, 0.6) is 0 Å². The van der Waals surface area contributed by atoms with E-state index in [1.807, 2.05) is 12.1 Å². The molecular weight excluding hydrogens is 286 g/mol. The van der Waals surface area contributed by atoms with E-state index in [9.17, 15) is 9.59 Å². The Hall–Kier alpha value is -2.47. The summed E-state index contributed by atoms with van der Waals surface area (Å²) < 4.78 is 0. The zero-order chi connectivity index (χ0) is 14.8. The third-order valence-corrected chi connectivity index (χ3v) is 4.12. The molecule has 2 amide bonds. The van der Waals surface area contributed by atoms with Gasteiger partial charge >= 0.3 is 0 Å². The molecule has 1 heterocycles. The maximum Gasteiger partial charge on any atom is 0.255 e. The Morgan fingerprint density at radius 2 is 1.95 bits per heavy atom. The number of benzene rings is 2. The van der Waals surface area contributed by atoms with Crippen molar-refractivity contribution in [2.24, 2.45) is 0 Å². The van der Waals surface area contributed by atoms with Crippen LogP contribution in [-0.4, -0.2) is 17.6 Å². The third-order valence-electron chi connectivity index (χ3n) is 3.04. The van der Waals surface area contributed by atoms with E-state index in [0.717, 1.165) is 10.6 Å². The Kier molecular flexibility index (Phi) is 3.53. The molecule has 0 bridgehead atoms. The number of rotatable bonds is 2. The van der Waals surface area contributed by atoms with E-state index >= 15 is 0 Å². The highest BCUT2D eigenvalue weighted by atomic mass is 32.2. The van der Waals surface area contributed by atoms with Crippen LogP contribution in [0.2, 0.25) is 0 Å². The van der Waals surface area contributed by atoms with Crippen molar-refractivity contribution in [2.45, 2.75) is 4.90 Å². The summed E-state index contributed by atoms with van der Waals surface area (Å²) in [6.45, 7) is 0. The van der Waals surface area contributed by atoms with Crippen LogP contribution in [-0.2, 0) is 4.79 Å². The lowest BCUT2D eigenvalue weighted by molar-refractivity contribution is -0.113. The summed E-state index contributed by atoms with van der Waals surface area (Å²) in [7, 11) is 0. The number of nitrogens with one attached hydrogen (secondary N) is 2. The highest BCUT2D eigenvalue weighted by Gasteiger charge is 2.16. The second kappa shape index (κ2) is 5.49.